The number of hydrogen-bond acceptors (Lipinski definition) is 3. The van der Waals surface area contributed by atoms with Crippen LogP contribution in [-0.4, -0.2) is 25.4 Å². The van der Waals surface area contributed by atoms with Gasteiger partial charge in [0.2, 0.25) is 0 Å². The predicted octanol–water partition coefficient (Wildman–Crippen LogP) is 3.01. The fourth-order valence-electron chi connectivity index (χ4n) is 3.37. The van der Waals surface area contributed by atoms with E-state index in [2.05, 4.69) is 26.1 Å². The molecule has 20 heavy (non-hydrogen) atoms. The third kappa shape index (κ3) is 6.55. The molecule has 0 amide bonds. The molecule has 0 spiro atoms. The summed E-state index contributed by atoms with van der Waals surface area (Å²) in [5, 5.41) is 3.26. The number of carbonyl (C=O) groups is 1. The van der Waals surface area contributed by atoms with Crippen molar-refractivity contribution in [3.8, 4) is 0 Å². The van der Waals surface area contributed by atoms with Crippen LogP contribution < -0.4 is 11.1 Å². The lowest BCUT2D eigenvalue weighted by Gasteiger charge is -2.36. The smallest absolute Gasteiger partial charge is 0.136 e. The Balaban J connectivity index is 0.00000361. The van der Waals surface area contributed by atoms with Gasteiger partial charge in [0.05, 0.1) is 0 Å². The third-order valence-electron chi connectivity index (χ3n) is 4.53. The first-order valence-electron chi connectivity index (χ1n) is 7.99. The number of hydrogen-bond donors (Lipinski definition) is 2. The van der Waals surface area contributed by atoms with Crippen LogP contribution in [-0.2, 0) is 4.79 Å². The van der Waals surface area contributed by atoms with E-state index in [4.69, 9.17) is 5.73 Å². The second kappa shape index (κ2) is 10.6. The first-order valence-corrected chi connectivity index (χ1v) is 7.99. The highest BCUT2D eigenvalue weighted by Gasteiger charge is 2.34. The number of halogens is 1. The molecule has 0 aromatic heterocycles. The minimum atomic E-state index is 0. The number of nitrogens with one attached hydrogen (secondary N) is 1. The van der Waals surface area contributed by atoms with Gasteiger partial charge in [0.25, 0.3) is 0 Å². The van der Waals surface area contributed by atoms with Crippen molar-refractivity contribution in [1.82, 2.24) is 5.32 Å². The molecule has 120 valence electrons. The molecule has 4 heteroatoms. The van der Waals surface area contributed by atoms with Crippen LogP contribution in [0.25, 0.3) is 0 Å². The number of Topliss-reactive ketones (excluding diaryl/α,β-unsaturated/α-hetero) is 1. The molecule has 0 radical (unpaired) electrons. The zero-order valence-corrected chi connectivity index (χ0v) is 14.2. The Labute approximate surface area is 130 Å². The maximum Gasteiger partial charge on any atom is 0.136 e. The maximum absolute atomic E-state index is 12.4. The topological polar surface area (TPSA) is 55.1 Å². The number of ketones is 1. The first kappa shape index (κ1) is 19.9. The monoisotopic (exact) mass is 304 g/mol. The van der Waals surface area contributed by atoms with Crippen LogP contribution in [0.5, 0.6) is 0 Å². The van der Waals surface area contributed by atoms with Gasteiger partial charge in [0.1, 0.15) is 5.78 Å². The van der Waals surface area contributed by atoms with Crippen LogP contribution in [0.4, 0.5) is 0 Å². The van der Waals surface area contributed by atoms with E-state index in [1.807, 2.05) is 0 Å². The van der Waals surface area contributed by atoms with Crippen LogP contribution in [0.2, 0.25) is 0 Å². The molecule has 3 atom stereocenters. The summed E-state index contributed by atoms with van der Waals surface area (Å²) < 4.78 is 0. The molecule has 0 aromatic rings. The normalized spacial score (nSPS) is 26.4. The van der Waals surface area contributed by atoms with Crippen LogP contribution in [0.1, 0.15) is 52.9 Å². The van der Waals surface area contributed by atoms with E-state index >= 15 is 0 Å². The highest BCUT2D eigenvalue weighted by Crippen LogP contribution is 2.39. The Morgan fingerprint density at radius 3 is 2.60 bits per heavy atom. The standard InChI is InChI=1S/C16H32N2O.ClH/c1-12(2)14-7-6-13(3)11-15(14)16(19)5-4-9-18-10-8-17;/h12-15,18H,4-11,17H2,1-3H3;1H/t13-,14+,15-;/m1./s1. The lowest BCUT2D eigenvalue weighted by molar-refractivity contribution is -0.127. The summed E-state index contributed by atoms with van der Waals surface area (Å²) in [6.07, 6.45) is 5.33. The Morgan fingerprint density at radius 1 is 1.30 bits per heavy atom. The van der Waals surface area contributed by atoms with Crippen molar-refractivity contribution >= 4 is 18.2 Å². The number of rotatable bonds is 8. The Kier molecular flexibility index (Phi) is 10.5. The molecular formula is C16H33ClN2O. The molecule has 0 bridgehead atoms. The van der Waals surface area contributed by atoms with E-state index in [-0.39, 0.29) is 12.4 Å². The van der Waals surface area contributed by atoms with Gasteiger partial charge in [-0.2, -0.15) is 0 Å². The zero-order valence-electron chi connectivity index (χ0n) is 13.4. The second-order valence-electron chi connectivity index (χ2n) is 6.54. The lowest BCUT2D eigenvalue weighted by atomic mass is 9.68. The van der Waals surface area contributed by atoms with E-state index in [9.17, 15) is 4.79 Å². The minimum absolute atomic E-state index is 0. The largest absolute Gasteiger partial charge is 0.329 e. The highest BCUT2D eigenvalue weighted by atomic mass is 35.5. The molecule has 0 heterocycles. The van der Waals surface area contributed by atoms with Gasteiger partial charge in [0.15, 0.2) is 0 Å². The van der Waals surface area contributed by atoms with Gasteiger partial charge in [-0.25, -0.2) is 0 Å². The van der Waals surface area contributed by atoms with Crippen molar-refractivity contribution in [2.24, 2.45) is 29.4 Å². The van der Waals surface area contributed by atoms with Gasteiger partial charge >= 0.3 is 0 Å². The summed E-state index contributed by atoms with van der Waals surface area (Å²) >= 11 is 0. The molecular weight excluding hydrogens is 272 g/mol. The molecule has 1 aliphatic carbocycles. The summed E-state index contributed by atoms with van der Waals surface area (Å²) in [6, 6.07) is 0. The van der Waals surface area contributed by atoms with Crippen LogP contribution in [0, 0.1) is 23.7 Å². The fraction of sp³-hybridized carbons (Fsp3) is 0.938. The van der Waals surface area contributed by atoms with Crippen molar-refractivity contribution in [3.05, 3.63) is 0 Å². The molecule has 1 aliphatic rings. The van der Waals surface area contributed by atoms with Crippen LogP contribution in [0.3, 0.4) is 0 Å². The minimum Gasteiger partial charge on any atom is -0.329 e. The third-order valence-corrected chi connectivity index (χ3v) is 4.53. The average Bonchev–Trinajstić information content (AvgIpc) is 2.37. The van der Waals surface area contributed by atoms with Crippen molar-refractivity contribution < 1.29 is 4.79 Å². The van der Waals surface area contributed by atoms with Gasteiger partial charge in [-0.05, 0) is 43.6 Å². The van der Waals surface area contributed by atoms with E-state index in [1.165, 1.54) is 12.8 Å². The van der Waals surface area contributed by atoms with Gasteiger partial charge < -0.3 is 11.1 Å². The van der Waals surface area contributed by atoms with E-state index < -0.39 is 0 Å². The SMILES string of the molecule is CC(C)[C@@H]1CC[C@@H](C)C[C@H]1C(=O)CCCNCCN.Cl. The Bertz CT molecular complexity index is 271. The fourth-order valence-corrected chi connectivity index (χ4v) is 3.37. The maximum atomic E-state index is 12.4. The molecule has 0 unspecified atom stereocenters. The molecule has 3 N–H and O–H groups in total. The van der Waals surface area contributed by atoms with Crippen molar-refractivity contribution in [2.45, 2.75) is 52.9 Å². The van der Waals surface area contributed by atoms with E-state index in [1.54, 1.807) is 0 Å². The summed E-state index contributed by atoms with van der Waals surface area (Å²) in [7, 11) is 0. The summed E-state index contributed by atoms with van der Waals surface area (Å²) in [5.74, 6) is 2.79. The van der Waals surface area contributed by atoms with Crippen molar-refractivity contribution in [3.63, 3.8) is 0 Å². The van der Waals surface area contributed by atoms with Crippen LogP contribution >= 0.6 is 12.4 Å². The summed E-state index contributed by atoms with van der Waals surface area (Å²) in [4.78, 5) is 12.4. The quantitative estimate of drug-likeness (QED) is 0.678. The van der Waals surface area contributed by atoms with Gasteiger partial charge in [0, 0.05) is 25.4 Å². The first-order chi connectivity index (χ1) is 9.06. The summed E-state index contributed by atoms with van der Waals surface area (Å²) in [6.45, 7) is 9.26. The average molecular weight is 305 g/mol. The molecule has 0 aliphatic heterocycles. The Morgan fingerprint density at radius 2 is 2.00 bits per heavy atom. The van der Waals surface area contributed by atoms with Gasteiger partial charge in [-0.15, -0.1) is 12.4 Å². The highest BCUT2D eigenvalue weighted by molar-refractivity contribution is 5.85. The number of carbonyl (C=O) groups excluding carboxylic acids is 1. The van der Waals surface area contributed by atoms with Crippen molar-refractivity contribution in [1.29, 1.82) is 0 Å². The predicted molar refractivity (Wildman–Crippen MR) is 88.2 cm³/mol. The number of nitrogens with two attached hydrogens (primary N) is 1. The van der Waals surface area contributed by atoms with Gasteiger partial charge in [-0.3, -0.25) is 4.79 Å². The summed E-state index contributed by atoms with van der Waals surface area (Å²) in [5.41, 5.74) is 5.42. The molecule has 1 saturated carbocycles. The molecule has 0 aromatic carbocycles. The molecule has 3 nitrogen and oxygen atoms in total. The zero-order chi connectivity index (χ0) is 14.3. The van der Waals surface area contributed by atoms with Gasteiger partial charge in [-0.1, -0.05) is 27.2 Å². The Hall–Kier alpha value is -0.120. The van der Waals surface area contributed by atoms with E-state index in [0.717, 1.165) is 38.3 Å². The van der Waals surface area contributed by atoms with Crippen molar-refractivity contribution in [2.75, 3.05) is 19.6 Å². The second-order valence-corrected chi connectivity index (χ2v) is 6.54. The molecule has 1 rings (SSSR count). The van der Waals surface area contributed by atoms with Crippen LogP contribution in [0.15, 0.2) is 0 Å². The molecule has 1 fully saturated rings. The lowest BCUT2D eigenvalue weighted by Crippen LogP contribution is -2.33. The molecule has 0 saturated heterocycles. The van der Waals surface area contributed by atoms with E-state index in [0.29, 0.717) is 30.1 Å².